The second-order valence-corrected chi connectivity index (χ2v) is 6.67. The number of benzene rings is 2. The first-order valence-electron chi connectivity index (χ1n) is 8.84. The Bertz CT molecular complexity index is 877. The first-order chi connectivity index (χ1) is 12.2. The molecule has 0 bridgehead atoms. The van der Waals surface area contributed by atoms with Gasteiger partial charge in [-0.15, -0.1) is 0 Å². The minimum Gasteiger partial charge on any atom is -0.367 e. The number of anilines is 1. The second kappa shape index (κ2) is 6.73. The van der Waals surface area contributed by atoms with Gasteiger partial charge in [0.1, 0.15) is 0 Å². The van der Waals surface area contributed by atoms with E-state index < -0.39 is 0 Å². The highest BCUT2D eigenvalue weighted by atomic mass is 16.1. The van der Waals surface area contributed by atoms with Crippen molar-refractivity contribution in [2.75, 3.05) is 31.1 Å². The molecule has 4 rings (SSSR count). The molecule has 4 nitrogen and oxygen atoms in total. The molecule has 1 aliphatic heterocycles. The van der Waals surface area contributed by atoms with Crippen LogP contribution in [0.2, 0.25) is 0 Å². The van der Waals surface area contributed by atoms with E-state index in [4.69, 9.17) is 0 Å². The number of fused-ring (bicyclic) bond motifs is 1. The van der Waals surface area contributed by atoms with Gasteiger partial charge in [0.05, 0.1) is 11.2 Å². The molecule has 0 spiro atoms. The molecule has 3 aromatic rings. The summed E-state index contributed by atoms with van der Waals surface area (Å²) in [5, 5.41) is 1.16. The van der Waals surface area contributed by atoms with E-state index in [1.54, 1.807) is 11.5 Å². The van der Waals surface area contributed by atoms with Gasteiger partial charge in [0.2, 0.25) is 5.91 Å². The molecule has 25 heavy (non-hydrogen) atoms. The summed E-state index contributed by atoms with van der Waals surface area (Å²) < 4.78 is 1.76. The molecule has 0 atom stereocenters. The third-order valence-corrected chi connectivity index (χ3v) is 4.99. The van der Waals surface area contributed by atoms with Crippen molar-refractivity contribution in [2.45, 2.75) is 13.5 Å². The Balaban J connectivity index is 1.51. The molecule has 2 aromatic carbocycles. The predicted molar refractivity (Wildman–Crippen MR) is 102 cm³/mol. The molecule has 1 fully saturated rings. The van der Waals surface area contributed by atoms with Crippen molar-refractivity contribution >= 4 is 22.5 Å². The van der Waals surface area contributed by atoms with Crippen LogP contribution in [-0.4, -0.2) is 41.6 Å². The van der Waals surface area contributed by atoms with Crippen LogP contribution < -0.4 is 4.90 Å². The molecule has 4 heteroatoms. The van der Waals surface area contributed by atoms with Crippen LogP contribution in [0.5, 0.6) is 0 Å². The van der Waals surface area contributed by atoms with Gasteiger partial charge < -0.3 is 4.90 Å². The van der Waals surface area contributed by atoms with Gasteiger partial charge in [0, 0.05) is 51.2 Å². The minimum absolute atomic E-state index is 0.0603. The molecular formula is C21H23N3O. The first kappa shape index (κ1) is 15.9. The summed E-state index contributed by atoms with van der Waals surface area (Å²) in [6.07, 6.45) is 2.00. The monoisotopic (exact) mass is 333 g/mol. The third kappa shape index (κ3) is 3.17. The van der Waals surface area contributed by atoms with Gasteiger partial charge in [0.25, 0.3) is 0 Å². The fourth-order valence-electron chi connectivity index (χ4n) is 3.66. The van der Waals surface area contributed by atoms with Gasteiger partial charge >= 0.3 is 0 Å². The maximum atomic E-state index is 11.9. The van der Waals surface area contributed by atoms with Crippen molar-refractivity contribution in [3.8, 4) is 0 Å². The van der Waals surface area contributed by atoms with E-state index in [2.05, 4.69) is 46.2 Å². The molecule has 0 amide bonds. The Kier molecular flexibility index (Phi) is 4.28. The molecule has 0 unspecified atom stereocenters. The summed E-state index contributed by atoms with van der Waals surface area (Å²) in [5.41, 5.74) is 3.53. The number of piperazine rings is 1. The van der Waals surface area contributed by atoms with E-state index in [-0.39, 0.29) is 5.91 Å². The van der Waals surface area contributed by atoms with Gasteiger partial charge in [0.15, 0.2) is 0 Å². The number of carbonyl (C=O) groups excluding carboxylic acids is 1. The molecule has 128 valence electrons. The molecule has 0 radical (unpaired) electrons. The van der Waals surface area contributed by atoms with Crippen molar-refractivity contribution in [2.24, 2.45) is 0 Å². The molecule has 1 aromatic heterocycles. The molecular weight excluding hydrogens is 310 g/mol. The zero-order chi connectivity index (χ0) is 17.2. The van der Waals surface area contributed by atoms with Crippen LogP contribution in [0.1, 0.15) is 17.3 Å². The van der Waals surface area contributed by atoms with Crippen LogP contribution in [0.3, 0.4) is 0 Å². The summed E-state index contributed by atoms with van der Waals surface area (Å²) in [4.78, 5) is 16.8. The quantitative estimate of drug-likeness (QED) is 0.733. The van der Waals surface area contributed by atoms with Crippen molar-refractivity contribution in [1.29, 1.82) is 0 Å². The normalized spacial score (nSPS) is 15.6. The topological polar surface area (TPSA) is 28.5 Å². The smallest absolute Gasteiger partial charge is 0.228 e. The molecule has 0 aliphatic carbocycles. The summed E-state index contributed by atoms with van der Waals surface area (Å²) >= 11 is 0. The van der Waals surface area contributed by atoms with Crippen molar-refractivity contribution in [3.63, 3.8) is 0 Å². The Morgan fingerprint density at radius 2 is 1.60 bits per heavy atom. The lowest BCUT2D eigenvalue weighted by Crippen LogP contribution is -2.45. The Morgan fingerprint density at radius 1 is 0.920 bits per heavy atom. The van der Waals surface area contributed by atoms with E-state index in [1.807, 2.05) is 24.4 Å². The SMILES string of the molecule is CC(=O)n1cc(N2CCN(Cc3ccccc3)CC2)c2ccccc21. The zero-order valence-corrected chi connectivity index (χ0v) is 14.6. The largest absolute Gasteiger partial charge is 0.367 e. The van der Waals surface area contributed by atoms with Crippen LogP contribution in [0.4, 0.5) is 5.69 Å². The van der Waals surface area contributed by atoms with Gasteiger partial charge in [-0.1, -0.05) is 48.5 Å². The molecule has 2 heterocycles. The van der Waals surface area contributed by atoms with Crippen LogP contribution in [0.25, 0.3) is 10.9 Å². The summed E-state index contributed by atoms with van der Waals surface area (Å²) in [6.45, 7) is 6.67. The number of aromatic nitrogens is 1. The van der Waals surface area contributed by atoms with E-state index in [0.29, 0.717) is 0 Å². The average molecular weight is 333 g/mol. The molecule has 0 saturated carbocycles. The van der Waals surface area contributed by atoms with Crippen molar-refractivity contribution < 1.29 is 4.79 Å². The molecule has 1 aliphatic rings. The van der Waals surface area contributed by atoms with Crippen LogP contribution >= 0.6 is 0 Å². The Morgan fingerprint density at radius 3 is 2.32 bits per heavy atom. The van der Waals surface area contributed by atoms with Crippen LogP contribution in [0.15, 0.2) is 60.8 Å². The lowest BCUT2D eigenvalue weighted by Gasteiger charge is -2.35. The fraction of sp³-hybridized carbons (Fsp3) is 0.286. The van der Waals surface area contributed by atoms with Gasteiger partial charge in [-0.05, 0) is 11.6 Å². The van der Waals surface area contributed by atoms with E-state index in [0.717, 1.165) is 43.6 Å². The fourth-order valence-corrected chi connectivity index (χ4v) is 3.66. The van der Waals surface area contributed by atoms with Crippen LogP contribution in [-0.2, 0) is 6.54 Å². The number of para-hydroxylation sites is 1. The lowest BCUT2D eigenvalue weighted by atomic mass is 10.2. The third-order valence-electron chi connectivity index (χ3n) is 4.99. The van der Waals surface area contributed by atoms with Crippen LogP contribution in [0, 0.1) is 0 Å². The number of nitrogens with zero attached hydrogens (tertiary/aromatic N) is 3. The predicted octanol–water partition coefficient (Wildman–Crippen LogP) is 3.62. The van der Waals surface area contributed by atoms with Gasteiger partial charge in [-0.3, -0.25) is 14.3 Å². The highest BCUT2D eigenvalue weighted by Crippen LogP contribution is 2.30. The lowest BCUT2D eigenvalue weighted by molar-refractivity contribution is 0.0941. The number of rotatable bonds is 3. The summed E-state index contributed by atoms with van der Waals surface area (Å²) in [5.74, 6) is 0.0603. The summed E-state index contributed by atoms with van der Waals surface area (Å²) in [7, 11) is 0. The van der Waals surface area contributed by atoms with E-state index >= 15 is 0 Å². The van der Waals surface area contributed by atoms with Gasteiger partial charge in [-0.2, -0.15) is 0 Å². The van der Waals surface area contributed by atoms with E-state index in [1.165, 1.54) is 11.3 Å². The highest BCUT2D eigenvalue weighted by molar-refractivity contribution is 5.99. The number of hydrogen-bond acceptors (Lipinski definition) is 3. The van der Waals surface area contributed by atoms with E-state index in [9.17, 15) is 4.79 Å². The van der Waals surface area contributed by atoms with Crippen molar-refractivity contribution in [1.82, 2.24) is 9.47 Å². The Labute approximate surface area is 148 Å². The minimum atomic E-state index is 0.0603. The molecule has 0 N–H and O–H groups in total. The van der Waals surface area contributed by atoms with Crippen molar-refractivity contribution in [3.05, 3.63) is 66.4 Å². The highest BCUT2D eigenvalue weighted by Gasteiger charge is 2.21. The zero-order valence-electron chi connectivity index (χ0n) is 14.6. The second-order valence-electron chi connectivity index (χ2n) is 6.67. The molecule has 1 saturated heterocycles. The number of hydrogen-bond donors (Lipinski definition) is 0. The first-order valence-corrected chi connectivity index (χ1v) is 8.84. The Hall–Kier alpha value is -2.59. The maximum absolute atomic E-state index is 11.9. The number of carbonyl (C=O) groups is 1. The maximum Gasteiger partial charge on any atom is 0.228 e. The van der Waals surface area contributed by atoms with Gasteiger partial charge in [-0.25, -0.2) is 0 Å². The summed E-state index contributed by atoms with van der Waals surface area (Å²) in [6, 6.07) is 18.8. The standard InChI is InChI=1S/C21H23N3O/c1-17(25)24-16-21(19-9-5-6-10-20(19)24)23-13-11-22(12-14-23)15-18-7-3-2-4-8-18/h2-10,16H,11-15H2,1H3. The average Bonchev–Trinajstić information content (AvgIpc) is 3.03.